The summed E-state index contributed by atoms with van der Waals surface area (Å²) in [6.45, 7) is 8.30. The summed E-state index contributed by atoms with van der Waals surface area (Å²) >= 11 is 0. The minimum atomic E-state index is -0.322. The van der Waals surface area contributed by atoms with Gasteiger partial charge in [-0.05, 0) is 44.0 Å². The summed E-state index contributed by atoms with van der Waals surface area (Å²) in [6.07, 6.45) is 9.39. The summed E-state index contributed by atoms with van der Waals surface area (Å²) in [6, 6.07) is 16.4. The van der Waals surface area contributed by atoms with Crippen molar-refractivity contribution in [1.82, 2.24) is 24.9 Å². The molecule has 11 nitrogen and oxygen atoms in total. The van der Waals surface area contributed by atoms with E-state index in [1.807, 2.05) is 60.5 Å². The fraction of sp³-hybridized carbons (Fsp3) is 0.333. The Bertz CT molecular complexity index is 1660. The molecule has 224 valence electrons. The lowest BCUT2D eigenvalue weighted by molar-refractivity contribution is 0.0773. The summed E-state index contributed by atoms with van der Waals surface area (Å²) in [5, 5.41) is 0. The van der Waals surface area contributed by atoms with Gasteiger partial charge < -0.3 is 19.3 Å². The predicted octanol–water partition coefficient (Wildman–Crippen LogP) is 4.33. The van der Waals surface area contributed by atoms with Crippen molar-refractivity contribution < 1.29 is 9.47 Å². The number of aromatic nitrogens is 5. The average molecular weight is 590 g/mol. The smallest absolute Gasteiger partial charge is 0.163 e. The van der Waals surface area contributed by atoms with E-state index >= 15 is 0 Å². The van der Waals surface area contributed by atoms with Gasteiger partial charge in [0.1, 0.15) is 23.8 Å². The largest absolute Gasteiger partial charge is 0.377 e. The van der Waals surface area contributed by atoms with Gasteiger partial charge in [-0.2, -0.15) is 0 Å². The molecule has 0 amide bonds. The highest BCUT2D eigenvalue weighted by Crippen LogP contribution is 2.33. The molecule has 0 aliphatic carbocycles. The van der Waals surface area contributed by atoms with Crippen LogP contribution in [-0.2, 0) is 29.0 Å². The second-order valence-electron chi connectivity index (χ2n) is 11.2. The van der Waals surface area contributed by atoms with E-state index in [9.17, 15) is 0 Å². The van der Waals surface area contributed by atoms with E-state index < -0.39 is 0 Å². The standard InChI is InChI=1S/C33H35N9O2/c1-23-16-30(37-21-36-23)40-13-11-27-28(18-40)38-32(39-33(27)41-14-15-43-19-24(41)2)26-8-9-29(35-17-26)42-22-34-12-10-31(42)44-20-25-6-4-3-5-7-25/h3-10,12,16-17,21-22,24,31H,11,13-15,18-20H2,1-2H3/t24?,31-/m0/s1. The van der Waals surface area contributed by atoms with Crippen molar-refractivity contribution >= 4 is 23.8 Å². The number of aryl methyl sites for hydroxylation is 1. The molecule has 0 bridgehead atoms. The molecule has 4 aromatic rings. The molecule has 0 radical (unpaired) electrons. The first-order chi connectivity index (χ1) is 21.6. The number of anilines is 3. The lowest BCUT2D eigenvalue weighted by Crippen LogP contribution is -2.45. The van der Waals surface area contributed by atoms with Crippen molar-refractivity contribution in [2.24, 2.45) is 4.99 Å². The SMILES string of the molecule is Cc1cc(N2CCc3c(nc(-c4ccc(N5C=NC=C[C@@H]5OCc5ccccc5)nc4)nc3N3CCOCC3C)C2)ncn1. The molecule has 7 rings (SSSR count). The molecule has 1 saturated heterocycles. The Morgan fingerprint density at radius 3 is 2.73 bits per heavy atom. The Morgan fingerprint density at radius 2 is 1.91 bits per heavy atom. The van der Waals surface area contributed by atoms with Crippen LogP contribution in [0.2, 0.25) is 0 Å². The predicted molar refractivity (Wildman–Crippen MR) is 170 cm³/mol. The van der Waals surface area contributed by atoms with Crippen LogP contribution in [0.15, 0.2) is 78.3 Å². The van der Waals surface area contributed by atoms with Gasteiger partial charge in [0.25, 0.3) is 0 Å². The monoisotopic (exact) mass is 589 g/mol. The third-order valence-corrected chi connectivity index (χ3v) is 8.13. The maximum atomic E-state index is 6.21. The summed E-state index contributed by atoms with van der Waals surface area (Å²) in [5.41, 5.74) is 5.11. The van der Waals surface area contributed by atoms with Crippen LogP contribution in [0.25, 0.3) is 11.4 Å². The van der Waals surface area contributed by atoms with Gasteiger partial charge in [-0.1, -0.05) is 30.3 Å². The van der Waals surface area contributed by atoms with Crippen LogP contribution in [0.3, 0.4) is 0 Å². The third kappa shape index (κ3) is 5.88. The van der Waals surface area contributed by atoms with Crippen molar-refractivity contribution in [2.45, 2.75) is 45.7 Å². The summed E-state index contributed by atoms with van der Waals surface area (Å²) in [7, 11) is 0. The number of hydrogen-bond donors (Lipinski definition) is 0. The van der Waals surface area contributed by atoms with Gasteiger partial charge in [-0.15, -0.1) is 0 Å². The Labute approximate surface area is 257 Å². The highest BCUT2D eigenvalue weighted by molar-refractivity contribution is 5.80. The molecule has 0 spiro atoms. The molecule has 1 fully saturated rings. The van der Waals surface area contributed by atoms with Crippen LogP contribution in [0.5, 0.6) is 0 Å². The fourth-order valence-electron chi connectivity index (χ4n) is 5.77. The topological polar surface area (TPSA) is 105 Å². The number of fused-ring (bicyclic) bond motifs is 1. The van der Waals surface area contributed by atoms with Crippen molar-refractivity contribution in [2.75, 3.05) is 41.0 Å². The highest BCUT2D eigenvalue weighted by atomic mass is 16.5. The number of pyridine rings is 1. The van der Waals surface area contributed by atoms with Crippen molar-refractivity contribution in [3.8, 4) is 11.4 Å². The maximum absolute atomic E-state index is 6.21. The van der Waals surface area contributed by atoms with Crippen LogP contribution in [0.4, 0.5) is 17.5 Å². The number of morpholine rings is 1. The second kappa shape index (κ2) is 12.5. The zero-order valence-corrected chi connectivity index (χ0v) is 25.0. The zero-order valence-electron chi connectivity index (χ0n) is 25.0. The normalized spacial score (nSPS) is 19.7. The van der Waals surface area contributed by atoms with E-state index in [2.05, 4.69) is 43.8 Å². The van der Waals surface area contributed by atoms with Gasteiger partial charge >= 0.3 is 0 Å². The molecule has 3 aromatic heterocycles. The first kappa shape index (κ1) is 28.1. The van der Waals surface area contributed by atoms with Crippen LogP contribution in [0, 0.1) is 6.92 Å². The summed E-state index contributed by atoms with van der Waals surface area (Å²) in [5.74, 6) is 3.29. The van der Waals surface area contributed by atoms with E-state index in [4.69, 9.17) is 24.4 Å². The maximum Gasteiger partial charge on any atom is 0.163 e. The second-order valence-corrected chi connectivity index (χ2v) is 11.2. The third-order valence-electron chi connectivity index (χ3n) is 8.13. The summed E-state index contributed by atoms with van der Waals surface area (Å²) < 4.78 is 12.0. The molecule has 3 aliphatic heterocycles. The minimum absolute atomic E-state index is 0.220. The lowest BCUT2D eigenvalue weighted by atomic mass is 10.0. The van der Waals surface area contributed by atoms with E-state index in [0.29, 0.717) is 32.2 Å². The van der Waals surface area contributed by atoms with Gasteiger partial charge in [0.2, 0.25) is 0 Å². The molecule has 0 N–H and O–H groups in total. The quantitative estimate of drug-likeness (QED) is 0.309. The van der Waals surface area contributed by atoms with Gasteiger partial charge in [0.05, 0.1) is 44.4 Å². The Balaban J connectivity index is 1.18. The molecule has 0 saturated carbocycles. The Hall–Kier alpha value is -4.74. The Morgan fingerprint density at radius 1 is 1.00 bits per heavy atom. The summed E-state index contributed by atoms with van der Waals surface area (Å²) in [4.78, 5) is 34.8. The molecule has 44 heavy (non-hydrogen) atoms. The number of hydrogen-bond acceptors (Lipinski definition) is 11. The van der Waals surface area contributed by atoms with Crippen LogP contribution in [0.1, 0.15) is 29.4 Å². The molecule has 6 heterocycles. The first-order valence-corrected chi connectivity index (χ1v) is 15.0. The Kier molecular flexibility index (Phi) is 7.95. The van der Waals surface area contributed by atoms with Crippen molar-refractivity contribution in [3.05, 3.63) is 95.8 Å². The number of ether oxygens (including phenoxy) is 2. The van der Waals surface area contributed by atoms with E-state index in [1.165, 1.54) is 5.56 Å². The van der Waals surface area contributed by atoms with Gasteiger partial charge in [0.15, 0.2) is 12.1 Å². The number of benzene rings is 1. The molecular formula is C33H35N9O2. The molecule has 3 aliphatic rings. The molecule has 1 unspecified atom stereocenters. The first-order valence-electron chi connectivity index (χ1n) is 15.0. The highest BCUT2D eigenvalue weighted by Gasteiger charge is 2.30. The average Bonchev–Trinajstić information content (AvgIpc) is 3.07. The fourth-order valence-corrected chi connectivity index (χ4v) is 5.77. The minimum Gasteiger partial charge on any atom is -0.377 e. The van der Waals surface area contributed by atoms with Gasteiger partial charge in [-0.25, -0.2) is 29.9 Å². The van der Waals surface area contributed by atoms with E-state index in [1.54, 1.807) is 18.9 Å². The van der Waals surface area contributed by atoms with E-state index in [0.717, 1.165) is 59.5 Å². The number of nitrogens with zero attached hydrogens (tertiary/aromatic N) is 9. The number of aliphatic imine (C=N–C) groups is 1. The van der Waals surface area contributed by atoms with Gasteiger partial charge in [-0.3, -0.25) is 4.90 Å². The van der Waals surface area contributed by atoms with Crippen molar-refractivity contribution in [3.63, 3.8) is 0 Å². The molecule has 2 atom stereocenters. The van der Waals surface area contributed by atoms with Crippen LogP contribution in [-0.4, -0.2) is 69.8 Å². The van der Waals surface area contributed by atoms with Crippen molar-refractivity contribution in [1.29, 1.82) is 0 Å². The molecule has 11 heteroatoms. The molecular weight excluding hydrogens is 554 g/mol. The number of rotatable bonds is 7. The van der Waals surface area contributed by atoms with E-state index in [-0.39, 0.29) is 12.3 Å². The van der Waals surface area contributed by atoms with Gasteiger partial charge in [0, 0.05) is 48.4 Å². The lowest BCUT2D eigenvalue weighted by Gasteiger charge is -2.38. The molecule has 1 aromatic carbocycles. The van der Waals surface area contributed by atoms with Crippen LogP contribution >= 0.6 is 0 Å². The zero-order chi connectivity index (χ0) is 29.9. The van der Waals surface area contributed by atoms with Crippen LogP contribution < -0.4 is 14.7 Å².